The van der Waals surface area contributed by atoms with Crippen molar-refractivity contribution in [2.24, 2.45) is 11.8 Å². The maximum absolute atomic E-state index is 12.8. The van der Waals surface area contributed by atoms with Crippen LogP contribution in [0, 0.1) is 11.8 Å². The zero-order valence-corrected chi connectivity index (χ0v) is 19.5. The molecule has 182 valence electrons. The van der Waals surface area contributed by atoms with Crippen LogP contribution in [0.1, 0.15) is 55.3 Å². The van der Waals surface area contributed by atoms with Crippen LogP contribution in [0.5, 0.6) is 0 Å². The molecule has 3 N–H and O–H groups in total. The van der Waals surface area contributed by atoms with E-state index >= 15 is 0 Å². The molecular formula is C24H32N6O4. The van der Waals surface area contributed by atoms with Gasteiger partial charge in [0.15, 0.2) is 0 Å². The Hall–Kier alpha value is -2.72. The van der Waals surface area contributed by atoms with E-state index in [-0.39, 0.29) is 17.8 Å². The monoisotopic (exact) mass is 468 g/mol. The van der Waals surface area contributed by atoms with E-state index < -0.39 is 5.60 Å². The molecule has 2 aliphatic heterocycles. The number of nitrogens with zero attached hydrogens (tertiary/aromatic N) is 4. The van der Waals surface area contributed by atoms with Crippen molar-refractivity contribution in [1.82, 2.24) is 20.0 Å². The molecule has 4 aliphatic rings. The number of rotatable bonds is 4. The second kappa shape index (κ2) is 8.49. The number of anilines is 2. The van der Waals surface area contributed by atoms with Gasteiger partial charge in [0, 0.05) is 37.4 Å². The predicted octanol–water partition coefficient (Wildman–Crippen LogP) is 2.31. The topological polar surface area (TPSA) is 126 Å². The second-order valence-electron chi connectivity index (χ2n) is 10.4. The van der Waals surface area contributed by atoms with Crippen molar-refractivity contribution < 1.29 is 19.2 Å². The largest absolute Gasteiger partial charge is 0.390 e. The van der Waals surface area contributed by atoms with Crippen LogP contribution < -0.4 is 10.6 Å². The minimum atomic E-state index is -0.520. The van der Waals surface area contributed by atoms with Crippen LogP contribution in [0.2, 0.25) is 0 Å². The Morgan fingerprint density at radius 2 is 2.18 bits per heavy atom. The summed E-state index contributed by atoms with van der Waals surface area (Å²) in [6.07, 6.45) is 7.21. The fourth-order valence-electron chi connectivity index (χ4n) is 6.36. The van der Waals surface area contributed by atoms with Crippen LogP contribution in [0.4, 0.5) is 11.5 Å². The summed E-state index contributed by atoms with van der Waals surface area (Å²) in [6.45, 7) is 5.13. The van der Waals surface area contributed by atoms with E-state index in [2.05, 4.69) is 32.7 Å². The van der Waals surface area contributed by atoms with Crippen molar-refractivity contribution in [2.45, 2.75) is 57.1 Å². The average Bonchev–Trinajstić information content (AvgIpc) is 3.50. The number of carbonyl (C=O) groups is 1. The summed E-state index contributed by atoms with van der Waals surface area (Å²) >= 11 is 0. The Bertz CT molecular complexity index is 1080. The van der Waals surface area contributed by atoms with Crippen molar-refractivity contribution in [3.63, 3.8) is 0 Å². The number of pyridine rings is 1. The van der Waals surface area contributed by atoms with Gasteiger partial charge in [0.2, 0.25) is 5.82 Å². The first-order valence-electron chi connectivity index (χ1n) is 12.4. The Morgan fingerprint density at radius 3 is 3.03 bits per heavy atom. The maximum atomic E-state index is 12.8. The molecular weight excluding hydrogens is 436 g/mol. The lowest BCUT2D eigenvalue weighted by Gasteiger charge is -2.48. The Balaban J connectivity index is 1.30. The highest BCUT2D eigenvalue weighted by Crippen LogP contribution is 2.47. The number of nitrogens with one attached hydrogen (secondary N) is 2. The number of ether oxygens (including phenoxy) is 1. The first-order chi connectivity index (χ1) is 16.5. The number of carbonyl (C=O) groups excluding carboxylic acids is 1. The molecule has 2 aromatic heterocycles. The molecule has 1 saturated heterocycles. The number of aliphatic hydroxyl groups is 1. The molecule has 0 aromatic carbocycles. The molecule has 1 amide bonds. The fraction of sp³-hybridized carbons (Fsp3) is 0.667. The summed E-state index contributed by atoms with van der Waals surface area (Å²) in [6, 6.07) is 0.259. The van der Waals surface area contributed by atoms with Gasteiger partial charge in [-0.3, -0.25) is 4.79 Å². The quantitative estimate of drug-likeness (QED) is 0.620. The number of hydrogen-bond acceptors (Lipinski definition) is 9. The van der Waals surface area contributed by atoms with Gasteiger partial charge in [0.1, 0.15) is 5.82 Å². The molecule has 1 unspecified atom stereocenters. The zero-order chi connectivity index (χ0) is 23.3. The summed E-state index contributed by atoms with van der Waals surface area (Å²) in [7, 11) is 0. The smallest absolute Gasteiger partial charge is 0.316 e. The lowest BCUT2D eigenvalue weighted by molar-refractivity contribution is -0.0677. The van der Waals surface area contributed by atoms with Crippen LogP contribution in [0.3, 0.4) is 0 Å². The molecule has 34 heavy (non-hydrogen) atoms. The Labute approximate surface area is 198 Å². The van der Waals surface area contributed by atoms with Gasteiger partial charge in [0.05, 0.1) is 30.1 Å². The first kappa shape index (κ1) is 21.8. The Kier molecular flexibility index (Phi) is 5.44. The minimum Gasteiger partial charge on any atom is -0.390 e. The maximum Gasteiger partial charge on any atom is 0.316 e. The molecule has 0 radical (unpaired) electrons. The predicted molar refractivity (Wildman–Crippen MR) is 125 cm³/mol. The molecule has 2 bridgehead atoms. The van der Waals surface area contributed by atoms with Crippen LogP contribution in [0.25, 0.3) is 11.4 Å². The molecule has 0 spiro atoms. The summed E-state index contributed by atoms with van der Waals surface area (Å²) in [4.78, 5) is 23.6. The molecule has 2 aromatic rings. The van der Waals surface area contributed by atoms with E-state index in [1.165, 1.54) is 0 Å². The molecule has 4 heterocycles. The van der Waals surface area contributed by atoms with Crippen LogP contribution in [0.15, 0.2) is 10.7 Å². The molecule has 3 fully saturated rings. The third-order valence-corrected chi connectivity index (χ3v) is 7.89. The SMILES string of the molecule is CC1C[C@H]2C[C@](O)(CC[C@@H]2Nc2c(-c3noc(C(=O)N4CCOCC4)n3)cnc3c2CCN3)C1. The van der Waals surface area contributed by atoms with E-state index in [0.717, 1.165) is 67.7 Å². The number of amides is 1. The van der Waals surface area contributed by atoms with Gasteiger partial charge >= 0.3 is 11.8 Å². The number of hydrogen-bond donors (Lipinski definition) is 3. The normalized spacial score (nSPS) is 30.5. The first-order valence-corrected chi connectivity index (χ1v) is 12.4. The minimum absolute atomic E-state index is 0.00897. The highest BCUT2D eigenvalue weighted by molar-refractivity contribution is 5.90. The van der Waals surface area contributed by atoms with Gasteiger partial charge in [-0.05, 0) is 50.4 Å². The number of fused-ring (bicyclic) bond motifs is 3. The lowest BCUT2D eigenvalue weighted by atomic mass is 9.64. The third kappa shape index (κ3) is 3.92. The summed E-state index contributed by atoms with van der Waals surface area (Å²) in [5, 5.41) is 22.3. The molecule has 2 aliphatic carbocycles. The van der Waals surface area contributed by atoms with Gasteiger partial charge in [-0.1, -0.05) is 12.1 Å². The van der Waals surface area contributed by atoms with Crippen molar-refractivity contribution in [2.75, 3.05) is 43.5 Å². The van der Waals surface area contributed by atoms with E-state index in [0.29, 0.717) is 44.0 Å². The van der Waals surface area contributed by atoms with Crippen LogP contribution in [-0.2, 0) is 11.2 Å². The highest BCUT2D eigenvalue weighted by atomic mass is 16.5. The van der Waals surface area contributed by atoms with E-state index in [1.807, 2.05) is 0 Å². The molecule has 6 rings (SSSR count). The zero-order valence-electron chi connectivity index (χ0n) is 19.5. The van der Waals surface area contributed by atoms with Crippen molar-refractivity contribution >= 4 is 17.4 Å². The van der Waals surface area contributed by atoms with Crippen molar-refractivity contribution in [1.29, 1.82) is 0 Å². The van der Waals surface area contributed by atoms with Gasteiger partial charge in [-0.25, -0.2) is 4.98 Å². The fourth-order valence-corrected chi connectivity index (χ4v) is 6.36. The van der Waals surface area contributed by atoms with Crippen molar-refractivity contribution in [3.8, 4) is 11.4 Å². The van der Waals surface area contributed by atoms with Gasteiger partial charge in [-0.15, -0.1) is 0 Å². The molecule has 10 heteroatoms. The van der Waals surface area contributed by atoms with E-state index in [1.54, 1.807) is 11.1 Å². The van der Waals surface area contributed by atoms with Crippen molar-refractivity contribution in [3.05, 3.63) is 17.7 Å². The highest BCUT2D eigenvalue weighted by Gasteiger charge is 2.45. The van der Waals surface area contributed by atoms with Gasteiger partial charge in [-0.2, -0.15) is 4.98 Å². The van der Waals surface area contributed by atoms with Crippen LogP contribution >= 0.6 is 0 Å². The van der Waals surface area contributed by atoms with Gasteiger partial charge < -0.3 is 29.9 Å². The summed E-state index contributed by atoms with van der Waals surface area (Å²) < 4.78 is 10.7. The molecule has 10 nitrogen and oxygen atoms in total. The van der Waals surface area contributed by atoms with Crippen LogP contribution in [-0.4, -0.2) is 75.5 Å². The number of morpholine rings is 1. The Morgan fingerprint density at radius 1 is 1.32 bits per heavy atom. The van der Waals surface area contributed by atoms with Gasteiger partial charge in [0.25, 0.3) is 0 Å². The van der Waals surface area contributed by atoms with E-state index in [9.17, 15) is 9.90 Å². The number of aromatic nitrogens is 3. The standard InChI is InChI=1S/C24H32N6O4/c1-14-10-15-12-24(32,11-14)4-2-18(15)27-19-16-3-5-25-20(16)26-13-17(19)21-28-22(34-29-21)23(31)30-6-8-33-9-7-30/h13-15,18,32H,2-12H2,1H3,(H2,25,26,27)/t14?,15-,18-,24-/m0/s1. The average molecular weight is 469 g/mol. The summed E-state index contributed by atoms with van der Waals surface area (Å²) in [5.41, 5.74) is 2.31. The molecule has 2 saturated carbocycles. The second-order valence-corrected chi connectivity index (χ2v) is 10.4. The molecule has 4 atom stereocenters. The summed E-state index contributed by atoms with van der Waals surface area (Å²) in [5.74, 6) is 1.90. The van der Waals surface area contributed by atoms with E-state index in [4.69, 9.17) is 9.26 Å². The third-order valence-electron chi connectivity index (χ3n) is 7.89. The lowest BCUT2D eigenvalue weighted by Crippen LogP contribution is -2.49.